The van der Waals surface area contributed by atoms with Gasteiger partial charge >= 0.3 is 0 Å². The van der Waals surface area contributed by atoms with Gasteiger partial charge in [-0.25, -0.2) is 8.42 Å². The molecule has 0 spiro atoms. The maximum atomic E-state index is 13.0. The number of carbonyl (C=O) groups excluding carboxylic acids is 1. The van der Waals surface area contributed by atoms with Crippen LogP contribution in [0.15, 0.2) is 65.1 Å². The number of ketones is 1. The quantitative estimate of drug-likeness (QED) is 0.771. The fraction of sp³-hybridized carbons (Fsp3) is 0.286. The zero-order valence-electron chi connectivity index (χ0n) is 15.3. The summed E-state index contributed by atoms with van der Waals surface area (Å²) < 4.78 is 27.4. The Hall–Kier alpha value is -2.24. The summed E-state index contributed by atoms with van der Waals surface area (Å²) >= 11 is 0. The summed E-state index contributed by atoms with van der Waals surface area (Å²) in [6, 6.07) is 14.2. The van der Waals surface area contributed by atoms with Gasteiger partial charge in [0, 0.05) is 24.2 Å². The van der Waals surface area contributed by atoms with E-state index in [0.29, 0.717) is 17.7 Å². The third kappa shape index (κ3) is 3.79. The summed E-state index contributed by atoms with van der Waals surface area (Å²) in [5.74, 6) is -0.131. The minimum absolute atomic E-state index is 0.0200. The molecule has 1 aliphatic rings. The maximum Gasteiger partial charge on any atom is 0.243 e. The van der Waals surface area contributed by atoms with Crippen LogP contribution in [-0.4, -0.2) is 31.6 Å². The highest BCUT2D eigenvalue weighted by atomic mass is 32.2. The van der Waals surface area contributed by atoms with Crippen molar-refractivity contribution in [3.05, 3.63) is 76.9 Å². The first kappa shape index (κ1) is 18.5. The van der Waals surface area contributed by atoms with Gasteiger partial charge in [0.15, 0.2) is 5.78 Å². The van der Waals surface area contributed by atoms with Crippen LogP contribution in [0, 0.1) is 19.8 Å². The van der Waals surface area contributed by atoms with Crippen LogP contribution < -0.4 is 0 Å². The molecule has 0 aromatic heterocycles. The molecule has 1 atom stereocenters. The van der Waals surface area contributed by atoms with Crippen molar-refractivity contribution >= 4 is 15.8 Å². The van der Waals surface area contributed by atoms with Crippen molar-refractivity contribution in [2.24, 2.45) is 5.92 Å². The Balaban J connectivity index is 1.88. The predicted molar refractivity (Wildman–Crippen MR) is 103 cm³/mol. The highest BCUT2D eigenvalue weighted by Crippen LogP contribution is 2.25. The first-order chi connectivity index (χ1) is 12.3. The van der Waals surface area contributed by atoms with E-state index in [1.807, 2.05) is 39.0 Å². The van der Waals surface area contributed by atoms with Gasteiger partial charge < -0.3 is 0 Å². The molecule has 0 aliphatic carbocycles. The average Bonchev–Trinajstić information content (AvgIpc) is 2.61. The third-order valence-corrected chi connectivity index (χ3v) is 6.41. The molecule has 5 heteroatoms. The number of benzene rings is 2. The molecule has 0 saturated heterocycles. The number of hydrogen-bond acceptors (Lipinski definition) is 3. The fourth-order valence-corrected chi connectivity index (χ4v) is 4.62. The molecule has 3 rings (SSSR count). The standard InChI is InChI=1S/C21H23NO3S/c1-15-4-8-18(9-5-15)21(23)19-12-17(3)13-22(14-19)26(24,25)20-10-6-16(2)7-11-20/h4-12,17H,13-14H2,1-3H3. The van der Waals surface area contributed by atoms with Crippen LogP contribution in [0.2, 0.25) is 0 Å². The normalized spacial score (nSPS) is 18.4. The summed E-state index contributed by atoms with van der Waals surface area (Å²) in [6.45, 7) is 6.29. The van der Waals surface area contributed by atoms with Crippen LogP contribution in [0.3, 0.4) is 0 Å². The maximum absolute atomic E-state index is 13.0. The number of hydrogen-bond donors (Lipinski definition) is 0. The molecule has 4 nitrogen and oxygen atoms in total. The number of sulfonamides is 1. The van der Waals surface area contributed by atoms with Crippen molar-refractivity contribution in [2.45, 2.75) is 25.7 Å². The van der Waals surface area contributed by atoms with Gasteiger partial charge in [-0.2, -0.15) is 4.31 Å². The molecule has 0 radical (unpaired) electrons. The zero-order valence-corrected chi connectivity index (χ0v) is 16.1. The van der Waals surface area contributed by atoms with Gasteiger partial charge in [-0.15, -0.1) is 0 Å². The molecule has 0 saturated carbocycles. The van der Waals surface area contributed by atoms with Crippen LogP contribution in [0.4, 0.5) is 0 Å². The molecule has 1 heterocycles. The minimum Gasteiger partial charge on any atom is -0.289 e. The van der Waals surface area contributed by atoms with E-state index >= 15 is 0 Å². The van der Waals surface area contributed by atoms with E-state index in [1.54, 1.807) is 36.4 Å². The van der Waals surface area contributed by atoms with E-state index in [2.05, 4.69) is 0 Å². The van der Waals surface area contributed by atoms with Crippen LogP contribution in [0.25, 0.3) is 0 Å². The van der Waals surface area contributed by atoms with Crippen LogP contribution in [0.1, 0.15) is 28.4 Å². The number of nitrogens with zero attached hydrogens (tertiary/aromatic N) is 1. The molecular weight excluding hydrogens is 346 g/mol. The monoisotopic (exact) mass is 369 g/mol. The molecule has 136 valence electrons. The van der Waals surface area contributed by atoms with Gasteiger partial charge in [-0.3, -0.25) is 4.79 Å². The highest BCUT2D eigenvalue weighted by Gasteiger charge is 2.31. The molecule has 0 amide bonds. The Bertz CT molecular complexity index is 942. The molecule has 26 heavy (non-hydrogen) atoms. The molecule has 1 unspecified atom stereocenters. The van der Waals surface area contributed by atoms with Crippen LogP contribution >= 0.6 is 0 Å². The molecule has 2 aromatic rings. The van der Waals surface area contributed by atoms with E-state index < -0.39 is 10.0 Å². The van der Waals surface area contributed by atoms with Crippen molar-refractivity contribution in [3.63, 3.8) is 0 Å². The Morgan fingerprint density at radius 2 is 1.50 bits per heavy atom. The lowest BCUT2D eigenvalue weighted by atomic mass is 9.96. The van der Waals surface area contributed by atoms with E-state index in [4.69, 9.17) is 0 Å². The van der Waals surface area contributed by atoms with E-state index in [0.717, 1.165) is 11.1 Å². The molecule has 0 fully saturated rings. The van der Waals surface area contributed by atoms with Crippen LogP contribution in [0.5, 0.6) is 0 Å². The van der Waals surface area contributed by atoms with Gasteiger partial charge in [-0.1, -0.05) is 60.5 Å². The lowest BCUT2D eigenvalue weighted by molar-refractivity contribution is 0.102. The number of carbonyl (C=O) groups is 1. The fourth-order valence-electron chi connectivity index (χ4n) is 3.10. The van der Waals surface area contributed by atoms with Crippen molar-refractivity contribution in [2.75, 3.05) is 13.1 Å². The van der Waals surface area contributed by atoms with E-state index in [-0.39, 0.29) is 23.1 Å². The highest BCUT2D eigenvalue weighted by molar-refractivity contribution is 7.89. The Labute approximate surface area is 155 Å². The van der Waals surface area contributed by atoms with E-state index in [9.17, 15) is 13.2 Å². The molecule has 0 N–H and O–H groups in total. The molecule has 2 aromatic carbocycles. The smallest absolute Gasteiger partial charge is 0.243 e. The van der Waals surface area contributed by atoms with Crippen molar-refractivity contribution in [3.8, 4) is 0 Å². The van der Waals surface area contributed by atoms with Gasteiger partial charge in [0.05, 0.1) is 4.90 Å². The summed E-state index contributed by atoms with van der Waals surface area (Å²) in [6.07, 6.45) is 1.89. The Kier molecular flexibility index (Phi) is 5.12. The van der Waals surface area contributed by atoms with Gasteiger partial charge in [-0.05, 0) is 31.9 Å². The van der Waals surface area contributed by atoms with Crippen molar-refractivity contribution in [1.29, 1.82) is 0 Å². The second kappa shape index (κ2) is 7.17. The first-order valence-corrected chi connectivity index (χ1v) is 10.1. The third-order valence-electron chi connectivity index (χ3n) is 4.59. The van der Waals surface area contributed by atoms with Crippen LogP contribution in [-0.2, 0) is 10.0 Å². The zero-order chi connectivity index (χ0) is 18.9. The lowest BCUT2D eigenvalue weighted by Crippen LogP contribution is -2.40. The summed E-state index contributed by atoms with van der Waals surface area (Å²) in [4.78, 5) is 13.1. The topological polar surface area (TPSA) is 54.5 Å². The number of rotatable bonds is 4. The van der Waals surface area contributed by atoms with Gasteiger partial charge in [0.25, 0.3) is 0 Å². The minimum atomic E-state index is -3.63. The predicted octanol–water partition coefficient (Wildman–Crippen LogP) is 3.75. The largest absolute Gasteiger partial charge is 0.289 e. The molecule has 1 aliphatic heterocycles. The summed E-state index contributed by atoms with van der Waals surface area (Å²) in [7, 11) is -3.63. The summed E-state index contributed by atoms with van der Waals surface area (Å²) in [5.41, 5.74) is 3.20. The molecular formula is C21H23NO3S. The number of Topliss-reactive ketones (excluding diaryl/α,β-unsaturated/α-hetero) is 1. The summed E-state index contributed by atoms with van der Waals surface area (Å²) in [5, 5.41) is 0. The average molecular weight is 369 g/mol. The number of aryl methyl sites for hydroxylation is 2. The SMILES string of the molecule is Cc1ccc(C(=O)C2=CC(C)CN(S(=O)(=O)c3ccc(C)cc3)C2)cc1. The van der Waals surface area contributed by atoms with E-state index in [1.165, 1.54) is 4.31 Å². The second-order valence-corrected chi connectivity index (χ2v) is 8.91. The second-order valence-electron chi connectivity index (χ2n) is 6.97. The van der Waals surface area contributed by atoms with Crippen molar-refractivity contribution < 1.29 is 13.2 Å². The Morgan fingerprint density at radius 1 is 0.962 bits per heavy atom. The molecule has 0 bridgehead atoms. The Morgan fingerprint density at radius 3 is 2.08 bits per heavy atom. The van der Waals surface area contributed by atoms with Gasteiger partial charge in [0.1, 0.15) is 0 Å². The lowest BCUT2D eigenvalue weighted by Gasteiger charge is -2.29. The van der Waals surface area contributed by atoms with Crippen molar-refractivity contribution in [1.82, 2.24) is 4.31 Å². The first-order valence-electron chi connectivity index (χ1n) is 8.66. The van der Waals surface area contributed by atoms with Gasteiger partial charge in [0.2, 0.25) is 10.0 Å².